The van der Waals surface area contributed by atoms with Gasteiger partial charge >= 0.3 is 5.91 Å². The SMILES string of the molecule is Cl.O=C(NO)c1ccc(-c2ccc3ncnc(Nc4ccc(OCc5cccc(F)c5)c(Cl)c4)c3c2)o1. The second-order valence-corrected chi connectivity index (χ2v) is 8.16. The van der Waals surface area contributed by atoms with E-state index in [4.69, 9.17) is 26.0 Å². The molecule has 5 rings (SSSR count). The number of hydrogen-bond donors (Lipinski definition) is 3. The van der Waals surface area contributed by atoms with E-state index in [1.165, 1.54) is 24.5 Å². The number of nitrogens with zero attached hydrogens (tertiary/aromatic N) is 2. The van der Waals surface area contributed by atoms with Gasteiger partial charge in [0, 0.05) is 16.6 Å². The molecule has 3 N–H and O–H groups in total. The first-order valence-corrected chi connectivity index (χ1v) is 11.1. The summed E-state index contributed by atoms with van der Waals surface area (Å²) < 4.78 is 24.7. The molecule has 37 heavy (non-hydrogen) atoms. The number of halogens is 3. The average Bonchev–Trinajstić information content (AvgIpc) is 3.38. The molecule has 11 heteroatoms. The number of ether oxygens (including phenoxy) is 1. The van der Waals surface area contributed by atoms with Gasteiger partial charge in [-0.3, -0.25) is 10.0 Å². The molecule has 8 nitrogen and oxygen atoms in total. The highest BCUT2D eigenvalue weighted by molar-refractivity contribution is 6.32. The Morgan fingerprint density at radius 3 is 2.70 bits per heavy atom. The van der Waals surface area contributed by atoms with Crippen LogP contribution in [0.15, 0.2) is 83.5 Å². The number of amides is 1. The Morgan fingerprint density at radius 1 is 1.05 bits per heavy atom. The normalized spacial score (nSPS) is 10.6. The number of fused-ring (bicyclic) bond motifs is 1. The molecule has 0 fully saturated rings. The Bertz CT molecular complexity index is 1580. The molecule has 0 atom stereocenters. The maximum Gasteiger partial charge on any atom is 0.310 e. The van der Waals surface area contributed by atoms with Crippen LogP contribution in [0.2, 0.25) is 5.02 Å². The number of nitrogens with one attached hydrogen (secondary N) is 2. The van der Waals surface area contributed by atoms with Gasteiger partial charge in [0.25, 0.3) is 0 Å². The molecule has 0 radical (unpaired) electrons. The Hall–Kier alpha value is -4.18. The van der Waals surface area contributed by atoms with Gasteiger partial charge in [-0.05, 0) is 66.2 Å². The summed E-state index contributed by atoms with van der Waals surface area (Å²) in [7, 11) is 0. The summed E-state index contributed by atoms with van der Waals surface area (Å²) in [6.07, 6.45) is 1.44. The lowest BCUT2D eigenvalue weighted by molar-refractivity contribution is 0.0677. The minimum atomic E-state index is -0.743. The lowest BCUT2D eigenvalue weighted by Crippen LogP contribution is -2.17. The van der Waals surface area contributed by atoms with Crippen molar-refractivity contribution in [2.45, 2.75) is 6.61 Å². The smallest absolute Gasteiger partial charge is 0.310 e. The molecule has 0 saturated heterocycles. The fraction of sp³-hybridized carbons (Fsp3) is 0.0385. The summed E-state index contributed by atoms with van der Waals surface area (Å²) in [4.78, 5) is 20.3. The van der Waals surface area contributed by atoms with Crippen LogP contribution in [0.1, 0.15) is 16.1 Å². The molecule has 2 aromatic heterocycles. The Morgan fingerprint density at radius 2 is 1.92 bits per heavy atom. The van der Waals surface area contributed by atoms with Gasteiger partial charge in [-0.1, -0.05) is 23.7 Å². The van der Waals surface area contributed by atoms with Crippen LogP contribution in [0.3, 0.4) is 0 Å². The van der Waals surface area contributed by atoms with Crippen LogP contribution in [-0.4, -0.2) is 21.1 Å². The maximum absolute atomic E-state index is 13.4. The van der Waals surface area contributed by atoms with Gasteiger partial charge in [-0.15, -0.1) is 12.4 Å². The number of rotatable bonds is 7. The molecule has 3 aromatic carbocycles. The van der Waals surface area contributed by atoms with E-state index in [1.807, 2.05) is 12.1 Å². The van der Waals surface area contributed by atoms with Gasteiger partial charge in [0.15, 0.2) is 5.76 Å². The first-order chi connectivity index (χ1) is 17.5. The molecule has 0 aliphatic carbocycles. The van der Waals surface area contributed by atoms with Crippen LogP contribution in [0.5, 0.6) is 5.75 Å². The van der Waals surface area contributed by atoms with Crippen molar-refractivity contribution >= 4 is 52.3 Å². The summed E-state index contributed by atoms with van der Waals surface area (Å²) in [6, 6.07) is 19.9. The third-order valence-corrected chi connectivity index (χ3v) is 5.62. The van der Waals surface area contributed by atoms with E-state index < -0.39 is 5.91 Å². The van der Waals surface area contributed by atoms with Crippen LogP contribution < -0.4 is 15.5 Å². The van der Waals surface area contributed by atoms with Gasteiger partial charge in [0.2, 0.25) is 0 Å². The van der Waals surface area contributed by atoms with Gasteiger partial charge in [-0.25, -0.2) is 19.8 Å². The number of carbonyl (C=O) groups excluding carboxylic acids is 1. The van der Waals surface area contributed by atoms with E-state index in [2.05, 4.69) is 15.3 Å². The lowest BCUT2D eigenvalue weighted by Gasteiger charge is -2.12. The van der Waals surface area contributed by atoms with Gasteiger partial charge in [0.1, 0.15) is 36.1 Å². The first-order valence-electron chi connectivity index (χ1n) is 10.7. The Kier molecular flexibility index (Phi) is 7.88. The summed E-state index contributed by atoms with van der Waals surface area (Å²) >= 11 is 6.42. The van der Waals surface area contributed by atoms with Crippen molar-refractivity contribution in [3.05, 3.63) is 101 Å². The van der Waals surface area contributed by atoms with E-state index >= 15 is 0 Å². The van der Waals surface area contributed by atoms with Crippen molar-refractivity contribution < 1.29 is 23.5 Å². The molecule has 0 spiro atoms. The maximum atomic E-state index is 13.4. The molecule has 2 heterocycles. The highest BCUT2D eigenvalue weighted by atomic mass is 35.5. The summed E-state index contributed by atoms with van der Waals surface area (Å²) in [6.45, 7) is 0.179. The summed E-state index contributed by atoms with van der Waals surface area (Å²) in [5.74, 6) is 0.337. The summed E-state index contributed by atoms with van der Waals surface area (Å²) in [5.41, 5.74) is 4.29. The lowest BCUT2D eigenvalue weighted by atomic mass is 10.1. The monoisotopic (exact) mass is 540 g/mol. The van der Waals surface area contributed by atoms with Crippen LogP contribution in [0.25, 0.3) is 22.2 Å². The number of anilines is 2. The van der Waals surface area contributed by atoms with E-state index in [-0.39, 0.29) is 30.6 Å². The first kappa shape index (κ1) is 25.9. The number of carbonyl (C=O) groups is 1. The second-order valence-electron chi connectivity index (χ2n) is 7.75. The van der Waals surface area contributed by atoms with Crippen molar-refractivity contribution in [3.63, 3.8) is 0 Å². The number of hydroxylamine groups is 1. The average molecular weight is 541 g/mol. The standard InChI is InChI=1S/C26H18ClFN4O4.ClH/c27-20-12-18(5-7-23(20)35-13-15-2-1-3-17(28)10-15)31-25-19-11-16(4-6-21(19)29-14-30-25)22-8-9-24(36-22)26(33)32-34;/h1-12,14,34H,13H2,(H,32,33)(H,29,30,31);1H. The Labute approximate surface area is 221 Å². The zero-order chi connectivity index (χ0) is 25.1. The highest BCUT2D eigenvalue weighted by Crippen LogP contribution is 2.32. The largest absolute Gasteiger partial charge is 0.487 e. The predicted molar refractivity (Wildman–Crippen MR) is 139 cm³/mol. The third kappa shape index (κ3) is 5.80. The predicted octanol–water partition coefficient (Wildman–Crippen LogP) is 6.55. The molecule has 5 aromatic rings. The molecule has 0 aliphatic rings. The topological polar surface area (TPSA) is 110 Å². The highest BCUT2D eigenvalue weighted by Gasteiger charge is 2.13. The minimum absolute atomic E-state index is 0. The van der Waals surface area contributed by atoms with Crippen molar-refractivity contribution in [2.24, 2.45) is 0 Å². The zero-order valence-electron chi connectivity index (χ0n) is 18.9. The number of hydrogen-bond acceptors (Lipinski definition) is 7. The molecular formula is C26H19Cl2FN4O4. The quantitative estimate of drug-likeness (QED) is 0.158. The van der Waals surface area contributed by atoms with Crippen molar-refractivity contribution in [2.75, 3.05) is 5.32 Å². The van der Waals surface area contributed by atoms with Crippen LogP contribution in [0.4, 0.5) is 15.9 Å². The summed E-state index contributed by atoms with van der Waals surface area (Å²) in [5, 5.41) is 13.1. The fourth-order valence-electron chi connectivity index (χ4n) is 3.60. The number of aromatic nitrogens is 2. The number of benzene rings is 3. The Balaban J connectivity index is 0.00000320. The van der Waals surface area contributed by atoms with E-state index in [0.29, 0.717) is 50.1 Å². The van der Waals surface area contributed by atoms with Gasteiger partial charge < -0.3 is 14.5 Å². The van der Waals surface area contributed by atoms with Gasteiger partial charge in [-0.2, -0.15) is 0 Å². The molecule has 0 unspecified atom stereocenters. The second kappa shape index (κ2) is 11.3. The third-order valence-electron chi connectivity index (χ3n) is 5.33. The molecule has 1 amide bonds. The minimum Gasteiger partial charge on any atom is -0.487 e. The molecular weight excluding hydrogens is 522 g/mol. The molecule has 0 saturated carbocycles. The molecule has 0 aliphatic heterocycles. The molecule has 188 valence electrons. The van der Waals surface area contributed by atoms with Crippen molar-refractivity contribution in [3.8, 4) is 17.1 Å². The van der Waals surface area contributed by atoms with Crippen LogP contribution >= 0.6 is 24.0 Å². The van der Waals surface area contributed by atoms with Crippen molar-refractivity contribution in [1.29, 1.82) is 0 Å². The molecule has 0 bridgehead atoms. The van der Waals surface area contributed by atoms with E-state index in [1.54, 1.807) is 47.9 Å². The zero-order valence-corrected chi connectivity index (χ0v) is 20.5. The van der Waals surface area contributed by atoms with Crippen molar-refractivity contribution in [1.82, 2.24) is 15.4 Å². The van der Waals surface area contributed by atoms with E-state index in [0.717, 1.165) is 0 Å². The van der Waals surface area contributed by atoms with Crippen LogP contribution in [0, 0.1) is 5.82 Å². The number of furan rings is 1. The van der Waals surface area contributed by atoms with Gasteiger partial charge in [0.05, 0.1) is 10.5 Å². The van der Waals surface area contributed by atoms with Crippen LogP contribution in [-0.2, 0) is 6.61 Å². The fourth-order valence-corrected chi connectivity index (χ4v) is 3.83. The van der Waals surface area contributed by atoms with E-state index in [9.17, 15) is 9.18 Å².